The van der Waals surface area contributed by atoms with Gasteiger partial charge in [0.1, 0.15) is 5.01 Å². The molecule has 2 N–H and O–H groups in total. The molecule has 5 rings (SSSR count). The van der Waals surface area contributed by atoms with Crippen LogP contribution in [0.15, 0.2) is 84.9 Å². The first kappa shape index (κ1) is 18.1. The largest absolute Gasteiger partial charge is 0.366 e. The van der Waals surface area contributed by atoms with Crippen molar-refractivity contribution in [1.29, 1.82) is 0 Å². The van der Waals surface area contributed by atoms with Crippen LogP contribution >= 0.6 is 11.3 Å². The molecule has 1 amide bonds. The Morgan fingerprint density at radius 1 is 0.733 bits per heavy atom. The number of hydrogen-bond acceptors (Lipinski definition) is 5. The first-order chi connectivity index (χ1) is 14.7. The lowest BCUT2D eigenvalue weighted by Crippen LogP contribution is -2.14. The Morgan fingerprint density at radius 3 is 2.03 bits per heavy atom. The lowest BCUT2D eigenvalue weighted by Gasteiger charge is -2.13. The number of amides is 1. The summed E-state index contributed by atoms with van der Waals surface area (Å²) in [6.45, 7) is 0. The van der Waals surface area contributed by atoms with E-state index in [0.29, 0.717) is 32.7 Å². The summed E-state index contributed by atoms with van der Waals surface area (Å²) in [7, 11) is 0. The summed E-state index contributed by atoms with van der Waals surface area (Å²) in [5, 5.41) is 10.9. The first-order valence-electron chi connectivity index (χ1n) is 9.39. The van der Waals surface area contributed by atoms with Gasteiger partial charge in [-0.15, -0.1) is 10.2 Å². The molecule has 30 heavy (non-hydrogen) atoms. The van der Waals surface area contributed by atoms with Crippen molar-refractivity contribution >= 4 is 28.1 Å². The van der Waals surface area contributed by atoms with E-state index in [1.165, 1.54) is 11.3 Å². The third kappa shape index (κ3) is 3.13. The van der Waals surface area contributed by atoms with Crippen molar-refractivity contribution in [2.45, 2.75) is 0 Å². The SMILES string of the molecule is NC(=O)c1c(-c2nnc(-c3ccccc3)s2)c(-c2ccccc2)nc2ccccc12. The van der Waals surface area contributed by atoms with E-state index in [1.807, 2.05) is 84.9 Å². The van der Waals surface area contributed by atoms with Gasteiger partial charge in [-0.05, 0) is 6.07 Å². The summed E-state index contributed by atoms with van der Waals surface area (Å²) < 4.78 is 0. The fourth-order valence-electron chi connectivity index (χ4n) is 3.50. The molecule has 0 spiro atoms. The number of carbonyl (C=O) groups excluding carboxylic acids is 1. The number of aromatic nitrogens is 3. The zero-order valence-electron chi connectivity index (χ0n) is 15.8. The zero-order valence-corrected chi connectivity index (χ0v) is 16.6. The molecule has 6 heteroatoms. The standard InChI is InChI=1S/C24H16N4OS/c25-22(29)19-17-13-7-8-14-18(17)26-21(15-9-3-1-4-10-15)20(19)24-28-27-23(30-24)16-11-5-2-6-12-16/h1-14H,(H2,25,29). The van der Waals surface area contributed by atoms with Crippen LogP contribution in [0.4, 0.5) is 0 Å². The molecule has 0 atom stereocenters. The van der Waals surface area contributed by atoms with Crippen molar-refractivity contribution < 1.29 is 4.79 Å². The molecule has 5 nitrogen and oxygen atoms in total. The highest BCUT2D eigenvalue weighted by atomic mass is 32.1. The minimum atomic E-state index is -0.516. The summed E-state index contributed by atoms with van der Waals surface area (Å²) in [6, 6.07) is 27.1. The molecule has 0 aliphatic rings. The van der Waals surface area contributed by atoms with E-state index in [9.17, 15) is 4.79 Å². The molecule has 5 aromatic rings. The fraction of sp³-hybridized carbons (Fsp3) is 0. The predicted molar refractivity (Wildman–Crippen MR) is 120 cm³/mol. The average molecular weight is 408 g/mol. The summed E-state index contributed by atoms with van der Waals surface area (Å²) in [5.41, 5.74) is 10.1. The second-order valence-corrected chi connectivity index (χ2v) is 7.71. The van der Waals surface area contributed by atoms with Crippen LogP contribution in [-0.2, 0) is 0 Å². The van der Waals surface area contributed by atoms with Crippen molar-refractivity contribution in [3.05, 3.63) is 90.5 Å². The molecule has 0 saturated heterocycles. The number of hydrogen-bond donors (Lipinski definition) is 1. The van der Waals surface area contributed by atoms with E-state index < -0.39 is 5.91 Å². The topological polar surface area (TPSA) is 81.8 Å². The number of fused-ring (bicyclic) bond motifs is 1. The lowest BCUT2D eigenvalue weighted by atomic mass is 9.96. The Hall–Kier alpha value is -3.90. The molecule has 0 aliphatic heterocycles. The minimum Gasteiger partial charge on any atom is -0.366 e. The van der Waals surface area contributed by atoms with E-state index in [-0.39, 0.29) is 0 Å². The van der Waals surface area contributed by atoms with E-state index in [0.717, 1.165) is 16.1 Å². The Bertz CT molecular complexity index is 1360. The molecule has 0 unspecified atom stereocenters. The van der Waals surface area contributed by atoms with Gasteiger partial charge >= 0.3 is 0 Å². The molecular weight excluding hydrogens is 392 g/mol. The maximum atomic E-state index is 12.6. The van der Waals surface area contributed by atoms with Crippen molar-refractivity contribution in [2.75, 3.05) is 0 Å². The Labute approximate surface area is 176 Å². The highest BCUT2D eigenvalue weighted by Gasteiger charge is 2.24. The van der Waals surface area contributed by atoms with Crippen LogP contribution < -0.4 is 5.73 Å². The Balaban J connectivity index is 1.83. The molecule has 0 saturated carbocycles. The van der Waals surface area contributed by atoms with E-state index in [1.54, 1.807) is 0 Å². The zero-order chi connectivity index (χ0) is 20.5. The van der Waals surface area contributed by atoms with Gasteiger partial charge in [-0.2, -0.15) is 0 Å². The van der Waals surface area contributed by atoms with Gasteiger partial charge in [0.05, 0.1) is 22.3 Å². The highest BCUT2D eigenvalue weighted by Crippen LogP contribution is 2.40. The molecular formula is C24H16N4OS. The average Bonchev–Trinajstić information content (AvgIpc) is 3.29. The predicted octanol–water partition coefficient (Wildman–Crippen LogP) is 5.19. The summed E-state index contributed by atoms with van der Waals surface area (Å²) >= 11 is 1.42. The van der Waals surface area contributed by atoms with Gasteiger partial charge in [0.2, 0.25) is 5.91 Å². The first-order valence-corrected chi connectivity index (χ1v) is 10.2. The number of nitrogens with two attached hydrogens (primary N) is 1. The second kappa shape index (κ2) is 7.50. The summed E-state index contributed by atoms with van der Waals surface area (Å²) in [5.74, 6) is -0.516. The number of rotatable bonds is 4. The lowest BCUT2D eigenvalue weighted by molar-refractivity contribution is 0.100. The highest BCUT2D eigenvalue weighted by molar-refractivity contribution is 7.18. The van der Waals surface area contributed by atoms with Gasteiger partial charge in [-0.3, -0.25) is 4.79 Å². The molecule has 0 aliphatic carbocycles. The van der Waals surface area contributed by atoms with Gasteiger partial charge in [0.25, 0.3) is 0 Å². The third-order valence-corrected chi connectivity index (χ3v) is 5.84. The van der Waals surface area contributed by atoms with Crippen LogP contribution in [0.5, 0.6) is 0 Å². The van der Waals surface area contributed by atoms with E-state index >= 15 is 0 Å². The van der Waals surface area contributed by atoms with Crippen molar-refractivity contribution in [1.82, 2.24) is 15.2 Å². The smallest absolute Gasteiger partial charge is 0.250 e. The molecule has 2 heterocycles. The van der Waals surface area contributed by atoms with E-state index in [2.05, 4.69) is 10.2 Å². The quantitative estimate of drug-likeness (QED) is 0.444. The molecule has 3 aromatic carbocycles. The monoisotopic (exact) mass is 408 g/mol. The Kier molecular flexibility index (Phi) is 4.53. The van der Waals surface area contributed by atoms with Gasteiger partial charge in [0.15, 0.2) is 5.01 Å². The summed E-state index contributed by atoms with van der Waals surface area (Å²) in [6.07, 6.45) is 0. The minimum absolute atomic E-state index is 0.412. The van der Waals surface area contributed by atoms with Crippen LogP contribution in [0.3, 0.4) is 0 Å². The van der Waals surface area contributed by atoms with Gasteiger partial charge < -0.3 is 5.73 Å². The van der Waals surface area contributed by atoms with Gasteiger partial charge in [-0.25, -0.2) is 4.98 Å². The summed E-state index contributed by atoms with van der Waals surface area (Å²) in [4.78, 5) is 17.5. The molecule has 0 bridgehead atoms. The third-order valence-electron chi connectivity index (χ3n) is 4.85. The van der Waals surface area contributed by atoms with Gasteiger partial charge in [-0.1, -0.05) is 90.2 Å². The van der Waals surface area contributed by atoms with Crippen molar-refractivity contribution in [2.24, 2.45) is 5.73 Å². The van der Waals surface area contributed by atoms with Crippen LogP contribution in [0.2, 0.25) is 0 Å². The number of para-hydroxylation sites is 1. The molecule has 0 fully saturated rings. The number of primary amides is 1. The normalized spacial score (nSPS) is 10.9. The maximum absolute atomic E-state index is 12.6. The number of pyridine rings is 1. The Morgan fingerprint density at radius 2 is 1.33 bits per heavy atom. The molecule has 0 radical (unpaired) electrons. The van der Waals surface area contributed by atoms with Crippen molar-refractivity contribution in [3.8, 4) is 32.4 Å². The van der Waals surface area contributed by atoms with Gasteiger partial charge in [0, 0.05) is 16.5 Å². The van der Waals surface area contributed by atoms with Crippen LogP contribution in [0, 0.1) is 0 Å². The van der Waals surface area contributed by atoms with E-state index in [4.69, 9.17) is 10.7 Å². The van der Waals surface area contributed by atoms with Crippen LogP contribution in [0.25, 0.3) is 43.3 Å². The molecule has 2 aromatic heterocycles. The fourth-order valence-corrected chi connectivity index (χ4v) is 4.40. The van der Waals surface area contributed by atoms with Crippen LogP contribution in [-0.4, -0.2) is 21.1 Å². The number of benzene rings is 3. The van der Waals surface area contributed by atoms with Crippen LogP contribution in [0.1, 0.15) is 10.4 Å². The second-order valence-electron chi connectivity index (χ2n) is 6.74. The number of nitrogens with zero attached hydrogens (tertiary/aromatic N) is 3. The van der Waals surface area contributed by atoms with Crippen molar-refractivity contribution in [3.63, 3.8) is 0 Å². The maximum Gasteiger partial charge on any atom is 0.250 e. The molecule has 144 valence electrons. The number of carbonyl (C=O) groups is 1.